The largest absolute Gasteiger partial charge is 0.362 e. The van der Waals surface area contributed by atoms with Crippen LogP contribution >= 0.6 is 0 Å². The average molecular weight is 349 g/mol. The normalized spacial score (nSPS) is 12.2. The predicted molar refractivity (Wildman–Crippen MR) is 103 cm³/mol. The Balaban J connectivity index is 1.66. The van der Waals surface area contributed by atoms with Gasteiger partial charge in [-0.1, -0.05) is 6.07 Å². The Labute approximate surface area is 152 Å². The first-order valence-corrected chi connectivity index (χ1v) is 8.69. The van der Waals surface area contributed by atoms with E-state index in [0.717, 1.165) is 33.7 Å². The van der Waals surface area contributed by atoms with Gasteiger partial charge in [-0.05, 0) is 45.4 Å². The van der Waals surface area contributed by atoms with Gasteiger partial charge in [0.15, 0.2) is 5.65 Å². The lowest BCUT2D eigenvalue weighted by Gasteiger charge is -2.19. The Hall–Kier alpha value is -2.96. The van der Waals surface area contributed by atoms with Crippen LogP contribution in [-0.4, -0.2) is 29.3 Å². The molecule has 4 aromatic rings. The molecule has 0 bridgehead atoms. The van der Waals surface area contributed by atoms with Crippen LogP contribution in [0, 0.1) is 6.92 Å². The van der Waals surface area contributed by atoms with Crippen molar-refractivity contribution in [1.82, 2.24) is 29.3 Å². The molecule has 0 atom stereocenters. The number of nitrogens with one attached hydrogen (secondary N) is 1. The molecule has 1 aromatic carbocycles. The Kier molecular flexibility index (Phi) is 3.68. The van der Waals surface area contributed by atoms with Gasteiger partial charge in [0.2, 0.25) is 0 Å². The van der Waals surface area contributed by atoms with Gasteiger partial charge in [0, 0.05) is 7.05 Å². The lowest BCUT2D eigenvalue weighted by atomic mass is 10.1. The molecule has 134 valence electrons. The van der Waals surface area contributed by atoms with Gasteiger partial charge < -0.3 is 9.88 Å². The standard InChI is InChI=1S/C19H23N7/c1-12-6-7-15-14(8-12)24-16(25(15)5)10-20-17-13-9-23-26(19(2,3)4)18(13)22-11-21-17/h6-9,11H,10H2,1-5H3,(H,20,21,22). The summed E-state index contributed by atoms with van der Waals surface area (Å²) in [7, 11) is 2.04. The van der Waals surface area contributed by atoms with Crippen LogP contribution in [0.15, 0.2) is 30.7 Å². The summed E-state index contributed by atoms with van der Waals surface area (Å²) in [5, 5.41) is 8.81. The number of anilines is 1. The van der Waals surface area contributed by atoms with Gasteiger partial charge in [-0.15, -0.1) is 0 Å². The van der Waals surface area contributed by atoms with Crippen molar-refractivity contribution in [2.24, 2.45) is 7.05 Å². The van der Waals surface area contributed by atoms with Crippen molar-refractivity contribution >= 4 is 27.9 Å². The van der Waals surface area contributed by atoms with Crippen LogP contribution in [0.2, 0.25) is 0 Å². The first kappa shape index (κ1) is 16.5. The minimum Gasteiger partial charge on any atom is -0.362 e. The van der Waals surface area contributed by atoms with E-state index in [1.807, 2.05) is 17.9 Å². The number of aryl methyl sites for hydroxylation is 2. The number of aromatic nitrogens is 6. The second kappa shape index (κ2) is 5.79. The highest BCUT2D eigenvalue weighted by Crippen LogP contribution is 2.24. The minimum atomic E-state index is -0.136. The molecule has 3 aromatic heterocycles. The second-order valence-electron chi connectivity index (χ2n) is 7.62. The maximum Gasteiger partial charge on any atom is 0.163 e. The summed E-state index contributed by atoms with van der Waals surface area (Å²) in [4.78, 5) is 13.6. The lowest BCUT2D eigenvalue weighted by molar-refractivity contribution is 0.366. The lowest BCUT2D eigenvalue weighted by Crippen LogP contribution is -2.23. The van der Waals surface area contributed by atoms with Crippen molar-refractivity contribution in [3.05, 3.63) is 42.1 Å². The van der Waals surface area contributed by atoms with E-state index < -0.39 is 0 Å². The summed E-state index contributed by atoms with van der Waals surface area (Å²) < 4.78 is 4.03. The van der Waals surface area contributed by atoms with Gasteiger partial charge >= 0.3 is 0 Å². The number of nitrogens with zero attached hydrogens (tertiary/aromatic N) is 6. The zero-order chi connectivity index (χ0) is 18.5. The van der Waals surface area contributed by atoms with Gasteiger partial charge in [-0.2, -0.15) is 5.10 Å². The Bertz CT molecular complexity index is 1100. The number of hydrogen-bond donors (Lipinski definition) is 1. The quantitative estimate of drug-likeness (QED) is 0.614. The summed E-state index contributed by atoms with van der Waals surface area (Å²) in [6, 6.07) is 6.32. The van der Waals surface area contributed by atoms with E-state index in [0.29, 0.717) is 6.54 Å². The van der Waals surface area contributed by atoms with Gasteiger partial charge in [0.1, 0.15) is 18.0 Å². The fourth-order valence-electron chi connectivity index (χ4n) is 3.16. The van der Waals surface area contributed by atoms with Crippen LogP contribution in [-0.2, 0) is 19.1 Å². The van der Waals surface area contributed by atoms with Crippen LogP contribution in [0.4, 0.5) is 5.82 Å². The molecule has 0 saturated heterocycles. The maximum atomic E-state index is 4.75. The van der Waals surface area contributed by atoms with E-state index in [-0.39, 0.29) is 5.54 Å². The fourth-order valence-corrected chi connectivity index (χ4v) is 3.16. The molecule has 0 fully saturated rings. The number of rotatable bonds is 3. The zero-order valence-corrected chi connectivity index (χ0v) is 15.8. The van der Waals surface area contributed by atoms with Crippen LogP contribution in [0.3, 0.4) is 0 Å². The maximum absolute atomic E-state index is 4.75. The minimum absolute atomic E-state index is 0.136. The molecule has 4 rings (SSSR count). The third kappa shape index (κ3) is 2.69. The van der Waals surface area contributed by atoms with E-state index in [1.165, 1.54) is 5.56 Å². The highest BCUT2D eigenvalue weighted by atomic mass is 15.3. The summed E-state index contributed by atoms with van der Waals surface area (Å²) in [6.07, 6.45) is 3.40. The van der Waals surface area contributed by atoms with Crippen molar-refractivity contribution in [2.45, 2.75) is 39.8 Å². The third-order valence-electron chi connectivity index (χ3n) is 4.54. The SMILES string of the molecule is Cc1ccc2c(c1)nc(CNc1ncnc3c1cnn3C(C)(C)C)n2C. The molecular formula is C19H23N7. The molecule has 3 heterocycles. The molecule has 0 unspecified atom stereocenters. The molecule has 0 saturated carbocycles. The van der Waals surface area contributed by atoms with Crippen molar-refractivity contribution in [1.29, 1.82) is 0 Å². The molecule has 0 radical (unpaired) electrons. The van der Waals surface area contributed by atoms with Crippen molar-refractivity contribution < 1.29 is 0 Å². The highest BCUT2D eigenvalue weighted by molar-refractivity contribution is 5.86. The molecule has 0 aliphatic heterocycles. The molecule has 0 amide bonds. The zero-order valence-electron chi connectivity index (χ0n) is 15.8. The van der Waals surface area contributed by atoms with Crippen LogP contribution in [0.1, 0.15) is 32.2 Å². The van der Waals surface area contributed by atoms with E-state index in [4.69, 9.17) is 4.98 Å². The topological polar surface area (TPSA) is 73.5 Å². The fraction of sp³-hybridized carbons (Fsp3) is 0.368. The molecule has 7 heteroatoms. The second-order valence-corrected chi connectivity index (χ2v) is 7.62. The van der Waals surface area contributed by atoms with Crippen LogP contribution in [0.5, 0.6) is 0 Å². The predicted octanol–water partition coefficient (Wildman–Crippen LogP) is 3.39. The van der Waals surface area contributed by atoms with E-state index in [2.05, 4.69) is 70.8 Å². The van der Waals surface area contributed by atoms with Gasteiger partial charge in [-0.3, -0.25) is 0 Å². The Morgan fingerprint density at radius 3 is 2.73 bits per heavy atom. The van der Waals surface area contributed by atoms with E-state index >= 15 is 0 Å². The van der Waals surface area contributed by atoms with Gasteiger partial charge in [-0.25, -0.2) is 19.6 Å². The summed E-state index contributed by atoms with van der Waals surface area (Å²) in [5.74, 6) is 1.73. The monoisotopic (exact) mass is 349 g/mol. The van der Waals surface area contributed by atoms with Crippen LogP contribution in [0.25, 0.3) is 22.1 Å². The van der Waals surface area contributed by atoms with Gasteiger partial charge in [0.25, 0.3) is 0 Å². The smallest absolute Gasteiger partial charge is 0.163 e. The average Bonchev–Trinajstić information content (AvgIpc) is 3.14. The first-order valence-electron chi connectivity index (χ1n) is 8.69. The van der Waals surface area contributed by atoms with E-state index in [9.17, 15) is 0 Å². The molecule has 7 nitrogen and oxygen atoms in total. The molecule has 1 N–H and O–H groups in total. The first-order chi connectivity index (χ1) is 12.3. The molecule has 0 aliphatic carbocycles. The summed E-state index contributed by atoms with van der Waals surface area (Å²) in [5.41, 5.74) is 4.04. The van der Waals surface area contributed by atoms with Gasteiger partial charge in [0.05, 0.1) is 34.7 Å². The van der Waals surface area contributed by atoms with Crippen LogP contribution < -0.4 is 5.32 Å². The van der Waals surface area contributed by atoms with Crippen molar-refractivity contribution in [2.75, 3.05) is 5.32 Å². The van der Waals surface area contributed by atoms with Crippen molar-refractivity contribution in [3.8, 4) is 0 Å². The summed E-state index contributed by atoms with van der Waals surface area (Å²) >= 11 is 0. The molecule has 0 aliphatic rings. The molecule has 0 spiro atoms. The number of benzene rings is 1. The number of hydrogen-bond acceptors (Lipinski definition) is 5. The number of fused-ring (bicyclic) bond motifs is 2. The van der Waals surface area contributed by atoms with Crippen molar-refractivity contribution in [3.63, 3.8) is 0 Å². The number of imidazole rings is 1. The summed E-state index contributed by atoms with van der Waals surface area (Å²) in [6.45, 7) is 8.98. The molecular weight excluding hydrogens is 326 g/mol. The Morgan fingerprint density at radius 1 is 1.15 bits per heavy atom. The highest BCUT2D eigenvalue weighted by Gasteiger charge is 2.19. The van der Waals surface area contributed by atoms with E-state index in [1.54, 1.807) is 6.33 Å². The molecule has 26 heavy (non-hydrogen) atoms. The third-order valence-corrected chi connectivity index (χ3v) is 4.54. The Morgan fingerprint density at radius 2 is 1.96 bits per heavy atom.